The molecule has 0 saturated heterocycles. The number of fused-ring (bicyclic) bond motifs is 2. The Morgan fingerprint density at radius 1 is 0.886 bits per heavy atom. The minimum absolute atomic E-state index is 0.129. The van der Waals surface area contributed by atoms with Crippen LogP contribution in [0.1, 0.15) is 33.2 Å². The molecule has 0 fully saturated rings. The third-order valence-electron chi connectivity index (χ3n) is 6.10. The molecule has 5 rings (SSSR count). The fourth-order valence-corrected chi connectivity index (χ4v) is 4.33. The number of anilines is 2. The van der Waals surface area contributed by atoms with Gasteiger partial charge in [0.15, 0.2) is 6.10 Å². The van der Waals surface area contributed by atoms with Crippen LogP contribution in [0.4, 0.5) is 11.4 Å². The maximum Gasteiger partial charge on any atom is 0.267 e. The van der Waals surface area contributed by atoms with E-state index in [2.05, 4.69) is 5.32 Å². The Hall–Kier alpha value is -4.46. The van der Waals surface area contributed by atoms with Crippen molar-refractivity contribution in [2.45, 2.75) is 19.4 Å². The van der Waals surface area contributed by atoms with Crippen molar-refractivity contribution < 1.29 is 23.9 Å². The van der Waals surface area contributed by atoms with Gasteiger partial charge in [0.1, 0.15) is 12.3 Å². The molecule has 1 N–H and O–H groups in total. The average molecular weight is 469 g/mol. The summed E-state index contributed by atoms with van der Waals surface area (Å²) in [5, 5.41) is 2.72. The van der Waals surface area contributed by atoms with Gasteiger partial charge in [-0.2, -0.15) is 0 Å². The number of amides is 4. The van der Waals surface area contributed by atoms with E-state index in [0.29, 0.717) is 41.2 Å². The molecule has 1 unspecified atom stereocenters. The van der Waals surface area contributed by atoms with Crippen LogP contribution in [0.5, 0.6) is 5.75 Å². The summed E-state index contributed by atoms with van der Waals surface area (Å²) in [7, 11) is 0. The molecular weight excluding hydrogens is 446 g/mol. The summed E-state index contributed by atoms with van der Waals surface area (Å²) >= 11 is 0. The standard InChI is InChI=1S/C27H23N3O5/c1-17-25(32)29(14-13-18-7-3-2-4-8-18)22-12-11-19(15-23(22)35-17)28-24(31)16-30-26(33)20-9-5-6-10-21(20)27(30)34/h2-12,15,17H,13-14,16H2,1H3,(H,28,31). The van der Waals surface area contributed by atoms with Crippen molar-refractivity contribution in [1.82, 2.24) is 4.90 Å². The second-order valence-electron chi connectivity index (χ2n) is 8.46. The average Bonchev–Trinajstić information content (AvgIpc) is 3.10. The van der Waals surface area contributed by atoms with E-state index in [1.807, 2.05) is 30.3 Å². The number of benzene rings is 3. The zero-order chi connectivity index (χ0) is 24.5. The Balaban J connectivity index is 1.29. The number of carbonyl (C=O) groups is 4. The predicted octanol–water partition coefficient (Wildman–Crippen LogP) is 3.28. The molecule has 0 bridgehead atoms. The summed E-state index contributed by atoms with van der Waals surface area (Å²) < 4.78 is 5.80. The van der Waals surface area contributed by atoms with E-state index in [-0.39, 0.29) is 5.91 Å². The fraction of sp³-hybridized carbons (Fsp3) is 0.185. The Labute approximate surface area is 202 Å². The number of nitrogens with zero attached hydrogens (tertiary/aromatic N) is 2. The van der Waals surface area contributed by atoms with Crippen molar-refractivity contribution >= 4 is 35.0 Å². The molecule has 0 aliphatic carbocycles. The summed E-state index contributed by atoms with van der Waals surface area (Å²) in [6, 6.07) is 21.4. The van der Waals surface area contributed by atoms with Crippen LogP contribution >= 0.6 is 0 Å². The molecule has 0 aromatic heterocycles. The van der Waals surface area contributed by atoms with E-state index < -0.39 is 30.4 Å². The zero-order valence-electron chi connectivity index (χ0n) is 19.1. The van der Waals surface area contributed by atoms with E-state index in [4.69, 9.17) is 4.74 Å². The monoisotopic (exact) mass is 469 g/mol. The number of carbonyl (C=O) groups excluding carboxylic acids is 4. The van der Waals surface area contributed by atoms with Crippen LogP contribution in [0, 0.1) is 0 Å². The largest absolute Gasteiger partial charge is 0.479 e. The van der Waals surface area contributed by atoms with Gasteiger partial charge in [-0.1, -0.05) is 42.5 Å². The van der Waals surface area contributed by atoms with Gasteiger partial charge in [-0.15, -0.1) is 0 Å². The maximum atomic E-state index is 12.8. The van der Waals surface area contributed by atoms with Gasteiger partial charge in [-0.3, -0.25) is 24.1 Å². The predicted molar refractivity (Wildman–Crippen MR) is 129 cm³/mol. The minimum Gasteiger partial charge on any atom is -0.479 e. The highest BCUT2D eigenvalue weighted by atomic mass is 16.5. The normalized spacial score (nSPS) is 16.6. The van der Waals surface area contributed by atoms with Crippen LogP contribution in [0.15, 0.2) is 72.8 Å². The van der Waals surface area contributed by atoms with Crippen molar-refractivity contribution in [2.75, 3.05) is 23.3 Å². The molecule has 3 aromatic carbocycles. The summed E-state index contributed by atoms with van der Waals surface area (Å²) in [6.45, 7) is 1.78. The Morgan fingerprint density at radius 2 is 1.54 bits per heavy atom. The summed E-state index contributed by atoms with van der Waals surface area (Å²) in [4.78, 5) is 53.1. The highest BCUT2D eigenvalue weighted by molar-refractivity contribution is 6.22. The number of hydrogen-bond donors (Lipinski definition) is 1. The fourth-order valence-electron chi connectivity index (χ4n) is 4.33. The Bertz CT molecular complexity index is 1300. The number of nitrogens with one attached hydrogen (secondary N) is 1. The van der Waals surface area contributed by atoms with Gasteiger partial charge in [-0.05, 0) is 43.2 Å². The second-order valence-corrected chi connectivity index (χ2v) is 8.46. The topological polar surface area (TPSA) is 96.0 Å². The quantitative estimate of drug-likeness (QED) is 0.559. The summed E-state index contributed by atoms with van der Waals surface area (Å²) in [6.07, 6.45) is 0.0277. The lowest BCUT2D eigenvalue weighted by molar-refractivity contribution is -0.125. The lowest BCUT2D eigenvalue weighted by Crippen LogP contribution is -2.45. The van der Waals surface area contributed by atoms with Crippen molar-refractivity contribution in [3.8, 4) is 5.75 Å². The first-order valence-electron chi connectivity index (χ1n) is 11.3. The lowest BCUT2D eigenvalue weighted by atomic mass is 10.1. The van der Waals surface area contributed by atoms with Gasteiger partial charge in [-0.25, -0.2) is 0 Å². The van der Waals surface area contributed by atoms with Crippen molar-refractivity contribution in [3.63, 3.8) is 0 Å². The number of hydrogen-bond acceptors (Lipinski definition) is 5. The zero-order valence-corrected chi connectivity index (χ0v) is 19.1. The van der Waals surface area contributed by atoms with Crippen LogP contribution in [0.25, 0.3) is 0 Å². The maximum absolute atomic E-state index is 12.8. The van der Waals surface area contributed by atoms with Crippen LogP contribution in [-0.2, 0) is 16.0 Å². The van der Waals surface area contributed by atoms with Gasteiger partial charge < -0.3 is 15.0 Å². The van der Waals surface area contributed by atoms with Crippen LogP contribution in [-0.4, -0.2) is 47.7 Å². The SMILES string of the molecule is CC1Oc2cc(NC(=O)CN3C(=O)c4ccccc4C3=O)ccc2N(CCc2ccccc2)C1=O. The first kappa shape index (κ1) is 22.3. The Kier molecular flexibility index (Phi) is 5.78. The molecule has 0 spiro atoms. The minimum atomic E-state index is -0.664. The molecule has 0 radical (unpaired) electrons. The molecular formula is C27H23N3O5. The van der Waals surface area contributed by atoms with Gasteiger partial charge >= 0.3 is 0 Å². The highest BCUT2D eigenvalue weighted by Gasteiger charge is 2.36. The van der Waals surface area contributed by atoms with Crippen molar-refractivity contribution in [3.05, 3.63) is 89.5 Å². The Morgan fingerprint density at radius 3 is 2.23 bits per heavy atom. The summed E-state index contributed by atoms with van der Waals surface area (Å²) in [5.74, 6) is -1.15. The highest BCUT2D eigenvalue weighted by Crippen LogP contribution is 2.36. The van der Waals surface area contributed by atoms with Crippen molar-refractivity contribution in [2.24, 2.45) is 0 Å². The third kappa shape index (κ3) is 4.26. The molecule has 0 saturated carbocycles. The number of rotatable bonds is 6. The van der Waals surface area contributed by atoms with Gasteiger partial charge in [0, 0.05) is 18.3 Å². The molecule has 2 aliphatic rings. The molecule has 2 heterocycles. The molecule has 4 amide bonds. The first-order valence-corrected chi connectivity index (χ1v) is 11.3. The van der Waals surface area contributed by atoms with Crippen LogP contribution < -0.4 is 15.0 Å². The number of ether oxygens (including phenoxy) is 1. The van der Waals surface area contributed by atoms with Crippen molar-refractivity contribution in [1.29, 1.82) is 0 Å². The van der Waals surface area contributed by atoms with E-state index >= 15 is 0 Å². The summed E-state index contributed by atoms with van der Waals surface area (Å²) in [5.41, 5.74) is 2.78. The third-order valence-corrected chi connectivity index (χ3v) is 6.10. The van der Waals surface area contributed by atoms with Crippen LogP contribution in [0.2, 0.25) is 0 Å². The molecule has 3 aromatic rings. The lowest BCUT2D eigenvalue weighted by Gasteiger charge is -2.33. The number of imide groups is 1. The molecule has 1 atom stereocenters. The van der Waals surface area contributed by atoms with Gasteiger partial charge in [0.05, 0.1) is 16.8 Å². The molecule has 8 heteroatoms. The van der Waals surface area contributed by atoms with E-state index in [1.165, 1.54) is 0 Å². The smallest absolute Gasteiger partial charge is 0.267 e. The van der Waals surface area contributed by atoms with Gasteiger partial charge in [0.25, 0.3) is 17.7 Å². The first-order chi connectivity index (χ1) is 16.9. The molecule has 176 valence electrons. The van der Waals surface area contributed by atoms with Crippen LogP contribution in [0.3, 0.4) is 0 Å². The molecule has 8 nitrogen and oxygen atoms in total. The van der Waals surface area contributed by atoms with E-state index in [0.717, 1.165) is 10.5 Å². The van der Waals surface area contributed by atoms with E-state index in [9.17, 15) is 19.2 Å². The molecule has 2 aliphatic heterocycles. The molecule has 35 heavy (non-hydrogen) atoms. The van der Waals surface area contributed by atoms with Gasteiger partial charge in [0.2, 0.25) is 5.91 Å². The second kappa shape index (κ2) is 9.06. The van der Waals surface area contributed by atoms with E-state index in [1.54, 1.807) is 54.3 Å².